The molecule has 2 rings (SSSR count). The Kier molecular flexibility index (Phi) is 5.02. The van der Waals surface area contributed by atoms with Crippen molar-refractivity contribution in [3.63, 3.8) is 0 Å². The number of methoxy groups -OCH3 is 1. The number of likely N-dealkylation sites (tertiary alicyclic amines) is 1. The number of ether oxygens (including phenoxy) is 1. The van der Waals surface area contributed by atoms with Gasteiger partial charge in [-0.2, -0.15) is 0 Å². The molecule has 4 heteroatoms. The Morgan fingerprint density at radius 1 is 1.35 bits per heavy atom. The van der Waals surface area contributed by atoms with Crippen LogP contribution in [0.2, 0.25) is 0 Å². The Morgan fingerprint density at radius 2 is 2.15 bits per heavy atom. The average molecular weight is 278 g/mol. The lowest BCUT2D eigenvalue weighted by molar-refractivity contribution is 0.0444. The van der Waals surface area contributed by atoms with Crippen molar-refractivity contribution in [3.8, 4) is 5.75 Å². The van der Waals surface area contributed by atoms with Crippen molar-refractivity contribution in [2.75, 3.05) is 20.2 Å². The quantitative estimate of drug-likeness (QED) is 0.883. The fraction of sp³-hybridized carbons (Fsp3) is 0.625. The van der Waals surface area contributed by atoms with Crippen molar-refractivity contribution in [1.82, 2.24) is 4.90 Å². The van der Waals surface area contributed by atoms with Gasteiger partial charge in [0.25, 0.3) is 0 Å². The summed E-state index contributed by atoms with van der Waals surface area (Å²) in [4.78, 5) is 2.41. The molecule has 20 heavy (non-hydrogen) atoms. The van der Waals surface area contributed by atoms with Crippen LogP contribution in [0.4, 0.5) is 0 Å². The number of benzene rings is 1. The summed E-state index contributed by atoms with van der Waals surface area (Å²) < 4.78 is 5.30. The second kappa shape index (κ2) is 6.57. The van der Waals surface area contributed by atoms with E-state index in [1.807, 2.05) is 13.0 Å². The Bertz CT molecular complexity index is 446. The molecule has 0 aromatic heterocycles. The number of hydrogen-bond donors (Lipinski definition) is 2. The van der Waals surface area contributed by atoms with E-state index >= 15 is 0 Å². The predicted octanol–water partition coefficient (Wildman–Crippen LogP) is 1.89. The van der Waals surface area contributed by atoms with Gasteiger partial charge in [0.15, 0.2) is 0 Å². The third-order valence-electron chi connectivity index (χ3n) is 4.13. The first-order valence-corrected chi connectivity index (χ1v) is 7.35. The van der Waals surface area contributed by atoms with Gasteiger partial charge in [0.1, 0.15) is 5.75 Å². The van der Waals surface area contributed by atoms with Crippen LogP contribution in [-0.4, -0.2) is 35.8 Å². The maximum Gasteiger partial charge on any atom is 0.123 e. The molecule has 0 saturated carbocycles. The van der Waals surface area contributed by atoms with E-state index < -0.39 is 5.60 Å². The van der Waals surface area contributed by atoms with E-state index in [4.69, 9.17) is 10.5 Å². The number of nitrogens with two attached hydrogens (primary N) is 1. The van der Waals surface area contributed by atoms with Crippen LogP contribution < -0.4 is 10.5 Å². The second-order valence-electron chi connectivity index (χ2n) is 5.98. The van der Waals surface area contributed by atoms with Crippen LogP contribution in [0.15, 0.2) is 18.2 Å². The van der Waals surface area contributed by atoms with Crippen LogP contribution in [0.1, 0.15) is 37.3 Å². The smallest absolute Gasteiger partial charge is 0.123 e. The number of rotatable bonds is 4. The predicted molar refractivity (Wildman–Crippen MR) is 80.6 cm³/mol. The molecule has 1 aromatic carbocycles. The van der Waals surface area contributed by atoms with Crippen molar-refractivity contribution in [2.24, 2.45) is 5.73 Å². The van der Waals surface area contributed by atoms with Crippen LogP contribution >= 0.6 is 0 Å². The van der Waals surface area contributed by atoms with Crippen molar-refractivity contribution >= 4 is 0 Å². The number of aliphatic hydroxyl groups is 1. The minimum atomic E-state index is -0.503. The first kappa shape index (κ1) is 15.3. The molecule has 0 bridgehead atoms. The van der Waals surface area contributed by atoms with E-state index in [-0.39, 0.29) is 0 Å². The monoisotopic (exact) mass is 278 g/mol. The van der Waals surface area contributed by atoms with Crippen molar-refractivity contribution in [3.05, 3.63) is 29.3 Å². The molecule has 1 aliphatic rings. The summed E-state index contributed by atoms with van der Waals surface area (Å²) in [6.45, 7) is 5.33. The summed E-state index contributed by atoms with van der Waals surface area (Å²) in [6, 6.07) is 6.22. The lowest BCUT2D eigenvalue weighted by Crippen LogP contribution is -2.28. The molecule has 1 atom stereocenters. The molecule has 0 amide bonds. The standard InChI is InChI=1S/C16H26N2O2/c1-16(19)6-3-8-18(9-7-16)12-13-4-5-15(20-2)14(10-13)11-17/h4-5,10,19H,3,6-9,11-12,17H2,1-2H3. The third kappa shape index (κ3) is 3.95. The van der Waals surface area contributed by atoms with Gasteiger partial charge in [0.2, 0.25) is 0 Å². The molecule has 1 aromatic rings. The first-order chi connectivity index (χ1) is 9.54. The molecule has 0 aliphatic carbocycles. The normalized spacial score (nSPS) is 24.4. The molecule has 4 nitrogen and oxygen atoms in total. The molecule has 0 radical (unpaired) electrons. The summed E-state index contributed by atoms with van der Waals surface area (Å²) in [6.07, 6.45) is 2.78. The minimum Gasteiger partial charge on any atom is -0.496 e. The van der Waals surface area contributed by atoms with Gasteiger partial charge >= 0.3 is 0 Å². The van der Waals surface area contributed by atoms with Crippen LogP contribution in [-0.2, 0) is 13.1 Å². The zero-order valence-corrected chi connectivity index (χ0v) is 12.6. The van der Waals surface area contributed by atoms with Crippen LogP contribution in [0.3, 0.4) is 0 Å². The van der Waals surface area contributed by atoms with Gasteiger partial charge in [-0.25, -0.2) is 0 Å². The summed E-state index contributed by atoms with van der Waals surface area (Å²) in [7, 11) is 1.67. The Morgan fingerprint density at radius 3 is 2.85 bits per heavy atom. The molecular formula is C16H26N2O2. The van der Waals surface area contributed by atoms with Gasteiger partial charge in [-0.05, 0) is 50.4 Å². The average Bonchev–Trinajstić information content (AvgIpc) is 2.60. The summed E-state index contributed by atoms with van der Waals surface area (Å²) in [5.41, 5.74) is 7.56. The maximum absolute atomic E-state index is 10.1. The largest absolute Gasteiger partial charge is 0.496 e. The lowest BCUT2D eigenvalue weighted by atomic mass is 9.98. The minimum absolute atomic E-state index is 0.492. The summed E-state index contributed by atoms with van der Waals surface area (Å²) >= 11 is 0. The van der Waals surface area contributed by atoms with Gasteiger partial charge in [-0.1, -0.05) is 6.07 Å². The fourth-order valence-corrected chi connectivity index (χ4v) is 2.83. The highest BCUT2D eigenvalue weighted by Crippen LogP contribution is 2.24. The molecule has 1 fully saturated rings. The van der Waals surface area contributed by atoms with E-state index in [2.05, 4.69) is 17.0 Å². The Hall–Kier alpha value is -1.10. The summed E-state index contributed by atoms with van der Waals surface area (Å²) in [5.74, 6) is 0.857. The van der Waals surface area contributed by atoms with Crippen molar-refractivity contribution in [1.29, 1.82) is 0 Å². The van der Waals surface area contributed by atoms with Gasteiger partial charge in [0.05, 0.1) is 12.7 Å². The highest BCUT2D eigenvalue weighted by molar-refractivity contribution is 5.37. The molecule has 112 valence electrons. The van der Waals surface area contributed by atoms with Crippen LogP contribution in [0, 0.1) is 0 Å². The van der Waals surface area contributed by atoms with Crippen molar-refractivity contribution < 1.29 is 9.84 Å². The fourth-order valence-electron chi connectivity index (χ4n) is 2.83. The highest BCUT2D eigenvalue weighted by atomic mass is 16.5. The maximum atomic E-state index is 10.1. The molecule has 1 saturated heterocycles. The topological polar surface area (TPSA) is 58.7 Å². The molecule has 1 unspecified atom stereocenters. The Balaban J connectivity index is 2.02. The first-order valence-electron chi connectivity index (χ1n) is 7.35. The molecular weight excluding hydrogens is 252 g/mol. The lowest BCUT2D eigenvalue weighted by Gasteiger charge is -2.22. The van der Waals surface area contributed by atoms with Crippen LogP contribution in [0.5, 0.6) is 5.75 Å². The van der Waals surface area contributed by atoms with E-state index in [9.17, 15) is 5.11 Å². The van der Waals surface area contributed by atoms with Gasteiger partial charge < -0.3 is 15.6 Å². The van der Waals surface area contributed by atoms with Gasteiger partial charge in [-0.3, -0.25) is 4.90 Å². The molecule has 1 heterocycles. The second-order valence-corrected chi connectivity index (χ2v) is 5.98. The Labute approximate surface area is 121 Å². The summed E-state index contributed by atoms with van der Waals surface area (Å²) in [5, 5.41) is 10.1. The number of hydrogen-bond acceptors (Lipinski definition) is 4. The zero-order valence-electron chi connectivity index (χ0n) is 12.6. The van der Waals surface area contributed by atoms with E-state index in [0.717, 1.165) is 50.2 Å². The van der Waals surface area contributed by atoms with Gasteiger partial charge in [-0.15, -0.1) is 0 Å². The third-order valence-corrected chi connectivity index (χ3v) is 4.13. The van der Waals surface area contributed by atoms with E-state index in [1.54, 1.807) is 7.11 Å². The van der Waals surface area contributed by atoms with Gasteiger partial charge in [0, 0.05) is 25.2 Å². The molecule has 0 spiro atoms. The van der Waals surface area contributed by atoms with Crippen molar-refractivity contribution in [2.45, 2.75) is 44.9 Å². The van der Waals surface area contributed by atoms with E-state index in [0.29, 0.717) is 6.54 Å². The van der Waals surface area contributed by atoms with Crippen LogP contribution in [0.25, 0.3) is 0 Å². The SMILES string of the molecule is COc1ccc(CN2CCCC(C)(O)CC2)cc1CN. The molecule has 1 aliphatic heterocycles. The molecule has 3 N–H and O–H groups in total. The van der Waals surface area contributed by atoms with E-state index in [1.165, 1.54) is 5.56 Å². The highest BCUT2D eigenvalue weighted by Gasteiger charge is 2.24. The number of nitrogens with zero attached hydrogens (tertiary/aromatic N) is 1. The zero-order chi connectivity index (χ0) is 14.6.